The number of benzene rings is 1. The molecule has 0 bridgehead atoms. The van der Waals surface area contributed by atoms with Crippen LogP contribution in [-0.4, -0.2) is 48.2 Å². The lowest BCUT2D eigenvalue weighted by Gasteiger charge is -2.17. The molecule has 0 fully saturated rings. The van der Waals surface area contributed by atoms with Crippen LogP contribution in [-0.2, 0) is 9.59 Å². The van der Waals surface area contributed by atoms with E-state index in [2.05, 4.69) is 5.32 Å². The van der Waals surface area contributed by atoms with Crippen LogP contribution >= 0.6 is 11.8 Å². The van der Waals surface area contributed by atoms with Gasteiger partial charge in [0.25, 0.3) is 0 Å². The number of thioether (sulfide) groups is 1. The molecule has 2 N–H and O–H groups in total. The summed E-state index contributed by atoms with van der Waals surface area (Å²) in [5, 5.41) is 11.3. The summed E-state index contributed by atoms with van der Waals surface area (Å²) in [6.07, 6.45) is 0.0891. The maximum Gasteiger partial charge on any atom is 0.313 e. The van der Waals surface area contributed by atoms with Crippen LogP contribution in [0, 0.1) is 0 Å². The number of hydrogen-bond donors (Lipinski definition) is 2. The lowest BCUT2D eigenvalue weighted by atomic mass is 10.3. The molecular formula is C15H21NO5S. The first-order chi connectivity index (χ1) is 10.5. The van der Waals surface area contributed by atoms with Crippen molar-refractivity contribution in [3.05, 3.63) is 24.3 Å². The third-order valence-electron chi connectivity index (χ3n) is 2.68. The Balaban J connectivity index is 2.26. The SMILES string of the molecule is COc1ccccc1OC(C)CNC(=O)CCSCC(=O)O. The Hall–Kier alpha value is -1.89. The fourth-order valence-electron chi connectivity index (χ4n) is 1.64. The second kappa shape index (κ2) is 9.94. The molecule has 1 amide bonds. The van der Waals surface area contributed by atoms with E-state index in [-0.39, 0.29) is 17.8 Å². The van der Waals surface area contributed by atoms with Crippen LogP contribution in [0.3, 0.4) is 0 Å². The van der Waals surface area contributed by atoms with Crippen LogP contribution in [0.25, 0.3) is 0 Å². The van der Waals surface area contributed by atoms with Crippen molar-refractivity contribution in [3.8, 4) is 11.5 Å². The van der Waals surface area contributed by atoms with E-state index in [1.165, 1.54) is 11.8 Å². The van der Waals surface area contributed by atoms with Gasteiger partial charge in [0, 0.05) is 12.2 Å². The zero-order chi connectivity index (χ0) is 16.4. The van der Waals surface area contributed by atoms with E-state index in [0.29, 0.717) is 30.2 Å². The number of carboxylic acids is 1. The number of ether oxygens (including phenoxy) is 2. The van der Waals surface area contributed by atoms with Gasteiger partial charge in [-0.1, -0.05) is 12.1 Å². The molecule has 0 aromatic heterocycles. The summed E-state index contributed by atoms with van der Waals surface area (Å²) >= 11 is 1.22. The molecule has 1 aromatic carbocycles. The third-order valence-corrected chi connectivity index (χ3v) is 3.63. The molecule has 22 heavy (non-hydrogen) atoms. The monoisotopic (exact) mass is 327 g/mol. The van der Waals surface area contributed by atoms with E-state index in [0.717, 1.165) is 0 Å². The number of para-hydroxylation sites is 2. The molecule has 122 valence electrons. The topological polar surface area (TPSA) is 84.9 Å². The van der Waals surface area contributed by atoms with Gasteiger partial charge in [0.2, 0.25) is 5.91 Å². The number of carboxylic acid groups (broad SMARTS) is 1. The van der Waals surface area contributed by atoms with E-state index in [4.69, 9.17) is 14.6 Å². The highest BCUT2D eigenvalue weighted by Gasteiger charge is 2.10. The Morgan fingerprint density at radius 3 is 2.64 bits per heavy atom. The first kappa shape index (κ1) is 18.2. The van der Waals surface area contributed by atoms with Crippen molar-refractivity contribution in [2.75, 3.05) is 25.2 Å². The third kappa shape index (κ3) is 7.21. The normalized spacial score (nSPS) is 11.5. The van der Waals surface area contributed by atoms with Crippen molar-refractivity contribution in [2.24, 2.45) is 0 Å². The number of hydrogen-bond acceptors (Lipinski definition) is 5. The second-order valence-corrected chi connectivity index (χ2v) is 5.68. The Kier molecular flexibility index (Phi) is 8.21. The number of rotatable bonds is 10. The van der Waals surface area contributed by atoms with Crippen molar-refractivity contribution in [3.63, 3.8) is 0 Å². The number of methoxy groups -OCH3 is 1. The summed E-state index contributed by atoms with van der Waals surface area (Å²) in [5.74, 6) is 0.785. The van der Waals surface area contributed by atoms with Crippen LogP contribution in [0.1, 0.15) is 13.3 Å². The molecule has 0 aliphatic carbocycles. The molecule has 1 atom stereocenters. The lowest BCUT2D eigenvalue weighted by molar-refractivity contribution is -0.134. The van der Waals surface area contributed by atoms with Gasteiger partial charge in [0.1, 0.15) is 6.10 Å². The number of carbonyl (C=O) groups excluding carboxylic acids is 1. The molecule has 1 aromatic rings. The van der Waals surface area contributed by atoms with Crippen molar-refractivity contribution >= 4 is 23.6 Å². The molecule has 6 nitrogen and oxygen atoms in total. The zero-order valence-electron chi connectivity index (χ0n) is 12.7. The quantitative estimate of drug-likeness (QED) is 0.637. The molecule has 0 heterocycles. The van der Waals surface area contributed by atoms with Crippen LogP contribution in [0.2, 0.25) is 0 Å². The first-order valence-corrected chi connectivity index (χ1v) is 8.04. The highest BCUT2D eigenvalue weighted by Crippen LogP contribution is 2.26. The number of aliphatic carboxylic acids is 1. The van der Waals surface area contributed by atoms with Gasteiger partial charge in [-0.25, -0.2) is 0 Å². The molecule has 0 aliphatic heterocycles. The summed E-state index contributed by atoms with van der Waals surface area (Å²) in [6, 6.07) is 7.32. The van der Waals surface area contributed by atoms with Gasteiger partial charge in [-0.15, -0.1) is 11.8 Å². The molecule has 0 aliphatic rings. The van der Waals surface area contributed by atoms with Gasteiger partial charge < -0.3 is 19.9 Å². The Morgan fingerprint density at radius 1 is 1.32 bits per heavy atom. The molecule has 0 radical (unpaired) electrons. The Morgan fingerprint density at radius 2 is 2.00 bits per heavy atom. The highest BCUT2D eigenvalue weighted by molar-refractivity contribution is 7.99. The van der Waals surface area contributed by atoms with Crippen molar-refractivity contribution in [1.29, 1.82) is 0 Å². The fraction of sp³-hybridized carbons (Fsp3) is 0.467. The summed E-state index contributed by atoms with van der Waals surface area (Å²) in [6.45, 7) is 2.23. The number of carbonyl (C=O) groups is 2. The van der Waals surface area contributed by atoms with Gasteiger partial charge in [-0.3, -0.25) is 9.59 Å². The fourth-order valence-corrected chi connectivity index (χ4v) is 2.29. The summed E-state index contributed by atoms with van der Waals surface area (Å²) in [7, 11) is 1.57. The lowest BCUT2D eigenvalue weighted by Crippen LogP contribution is -2.33. The van der Waals surface area contributed by atoms with Gasteiger partial charge in [-0.2, -0.15) is 0 Å². The van der Waals surface area contributed by atoms with Crippen molar-refractivity contribution in [2.45, 2.75) is 19.4 Å². The molecular weight excluding hydrogens is 306 g/mol. The van der Waals surface area contributed by atoms with E-state index < -0.39 is 5.97 Å². The minimum Gasteiger partial charge on any atom is -0.493 e. The molecule has 0 saturated carbocycles. The summed E-state index contributed by atoms with van der Waals surface area (Å²) < 4.78 is 10.9. The Bertz CT molecular complexity index is 495. The average Bonchev–Trinajstić information content (AvgIpc) is 2.50. The van der Waals surface area contributed by atoms with Crippen molar-refractivity contribution < 1.29 is 24.2 Å². The minimum atomic E-state index is -0.871. The molecule has 7 heteroatoms. The van der Waals surface area contributed by atoms with Crippen LogP contribution in [0.15, 0.2) is 24.3 Å². The first-order valence-electron chi connectivity index (χ1n) is 6.89. The summed E-state index contributed by atoms with van der Waals surface area (Å²) in [4.78, 5) is 22.0. The predicted molar refractivity (Wildman–Crippen MR) is 85.7 cm³/mol. The van der Waals surface area contributed by atoms with E-state index in [1.807, 2.05) is 19.1 Å². The summed E-state index contributed by atoms with van der Waals surface area (Å²) in [5.41, 5.74) is 0. The second-order valence-electron chi connectivity index (χ2n) is 4.58. The molecule has 1 rings (SSSR count). The number of amides is 1. The van der Waals surface area contributed by atoms with Gasteiger partial charge in [0.15, 0.2) is 11.5 Å². The van der Waals surface area contributed by atoms with E-state index in [9.17, 15) is 9.59 Å². The van der Waals surface area contributed by atoms with Gasteiger partial charge in [-0.05, 0) is 19.1 Å². The minimum absolute atomic E-state index is 0.0145. The van der Waals surface area contributed by atoms with Crippen LogP contribution in [0.4, 0.5) is 0 Å². The average molecular weight is 327 g/mol. The van der Waals surface area contributed by atoms with Crippen molar-refractivity contribution in [1.82, 2.24) is 5.32 Å². The predicted octanol–water partition coefficient (Wildman–Crippen LogP) is 1.79. The maximum absolute atomic E-state index is 11.6. The molecule has 0 spiro atoms. The number of nitrogens with one attached hydrogen (secondary N) is 1. The standard InChI is InChI=1S/C15H21NO5S/c1-11(21-13-6-4-3-5-12(13)20-2)9-16-14(17)7-8-22-10-15(18)19/h3-6,11H,7-10H2,1-2H3,(H,16,17)(H,18,19). The van der Waals surface area contributed by atoms with E-state index >= 15 is 0 Å². The smallest absolute Gasteiger partial charge is 0.313 e. The molecule has 0 saturated heterocycles. The largest absolute Gasteiger partial charge is 0.493 e. The van der Waals surface area contributed by atoms with E-state index in [1.54, 1.807) is 19.2 Å². The van der Waals surface area contributed by atoms with Gasteiger partial charge in [0.05, 0.1) is 19.4 Å². The van der Waals surface area contributed by atoms with Crippen LogP contribution in [0.5, 0.6) is 11.5 Å². The van der Waals surface area contributed by atoms with Gasteiger partial charge >= 0.3 is 5.97 Å². The zero-order valence-corrected chi connectivity index (χ0v) is 13.5. The van der Waals surface area contributed by atoms with Crippen LogP contribution < -0.4 is 14.8 Å². The molecule has 1 unspecified atom stereocenters. The maximum atomic E-state index is 11.6. The highest BCUT2D eigenvalue weighted by atomic mass is 32.2. The Labute approximate surface area is 134 Å².